The summed E-state index contributed by atoms with van der Waals surface area (Å²) in [6.45, 7) is 6.38. The lowest BCUT2D eigenvalue weighted by Gasteiger charge is -2.09. The first-order chi connectivity index (χ1) is 9.08. The van der Waals surface area contributed by atoms with Crippen LogP contribution in [0.15, 0.2) is 24.3 Å². The van der Waals surface area contributed by atoms with Gasteiger partial charge in [0, 0.05) is 13.0 Å². The van der Waals surface area contributed by atoms with E-state index in [-0.39, 0.29) is 0 Å². The molecule has 0 unspecified atom stereocenters. The van der Waals surface area contributed by atoms with Gasteiger partial charge in [-0.3, -0.25) is 0 Å². The van der Waals surface area contributed by atoms with Crippen molar-refractivity contribution in [1.82, 2.24) is 0 Å². The average Bonchev–Trinajstić information content (AvgIpc) is 2.34. The molecule has 0 aliphatic rings. The smallest absolute Gasteiger partial charge is 0.119 e. The zero-order chi connectivity index (χ0) is 14.1. The molecule has 1 rings (SSSR count). The Labute approximate surface area is 121 Å². The lowest BCUT2D eigenvalue weighted by atomic mass is 10.1. The first kappa shape index (κ1) is 15.9. The highest BCUT2D eigenvalue weighted by atomic mass is 32.1. The van der Waals surface area contributed by atoms with Gasteiger partial charge in [0.2, 0.25) is 0 Å². The lowest BCUT2D eigenvalue weighted by molar-refractivity contribution is 0.0926. The summed E-state index contributed by atoms with van der Waals surface area (Å²) in [6, 6.07) is 7.83. The van der Waals surface area contributed by atoms with Gasteiger partial charge in [-0.15, -0.1) is 0 Å². The summed E-state index contributed by atoms with van der Waals surface area (Å²) >= 11 is 4.87. The lowest BCUT2D eigenvalue weighted by Crippen LogP contribution is -2.11. The molecule has 0 heterocycles. The Morgan fingerprint density at radius 3 is 2.42 bits per heavy atom. The minimum Gasteiger partial charge on any atom is -0.491 e. The van der Waals surface area contributed by atoms with Crippen LogP contribution in [-0.4, -0.2) is 24.8 Å². The van der Waals surface area contributed by atoms with Crippen LogP contribution in [0.4, 0.5) is 0 Å². The molecule has 0 aliphatic carbocycles. The second-order valence-corrected chi connectivity index (χ2v) is 5.45. The molecule has 4 heteroatoms. The number of ether oxygens (including phenoxy) is 2. The second kappa shape index (κ2) is 8.88. The summed E-state index contributed by atoms with van der Waals surface area (Å²) in [5.74, 6) is 1.53. The summed E-state index contributed by atoms with van der Waals surface area (Å²) < 4.78 is 11.1. The van der Waals surface area contributed by atoms with Gasteiger partial charge in [0.1, 0.15) is 12.4 Å². The van der Waals surface area contributed by atoms with Gasteiger partial charge >= 0.3 is 0 Å². The molecule has 0 aliphatic heterocycles. The van der Waals surface area contributed by atoms with E-state index in [0.29, 0.717) is 30.5 Å². The Kier molecular flexibility index (Phi) is 7.45. The summed E-state index contributed by atoms with van der Waals surface area (Å²) in [6.07, 6.45) is 1.72. The predicted octanol–water partition coefficient (Wildman–Crippen LogP) is 2.96. The average molecular weight is 281 g/mol. The normalized spacial score (nSPS) is 10.7. The zero-order valence-electron chi connectivity index (χ0n) is 11.7. The molecule has 0 amide bonds. The maximum Gasteiger partial charge on any atom is 0.119 e. The molecular formula is C15H23NO2S. The van der Waals surface area contributed by atoms with E-state index in [0.717, 1.165) is 24.3 Å². The third kappa shape index (κ3) is 7.80. The molecule has 0 radical (unpaired) electrons. The minimum absolute atomic E-state index is 0.507. The van der Waals surface area contributed by atoms with E-state index in [4.69, 9.17) is 27.4 Å². The first-order valence-corrected chi connectivity index (χ1v) is 7.06. The fourth-order valence-corrected chi connectivity index (χ4v) is 1.71. The number of nitrogens with two attached hydrogens (primary N) is 1. The van der Waals surface area contributed by atoms with Crippen molar-refractivity contribution < 1.29 is 9.47 Å². The molecule has 0 bridgehead atoms. The summed E-state index contributed by atoms with van der Waals surface area (Å²) in [5.41, 5.74) is 6.60. The standard InChI is InChI=1S/C15H23NO2S/c1-12(2)7-8-17-9-10-18-14-5-3-13(4-6-14)11-15(16)19/h3-6,12H,7-11H2,1-2H3,(H2,16,19). The van der Waals surface area contributed by atoms with E-state index < -0.39 is 0 Å². The number of rotatable bonds is 9. The molecule has 2 N–H and O–H groups in total. The molecule has 0 atom stereocenters. The number of thiocarbonyl (C=S) groups is 1. The van der Waals surface area contributed by atoms with Crippen LogP contribution in [0.25, 0.3) is 0 Å². The zero-order valence-corrected chi connectivity index (χ0v) is 12.5. The van der Waals surface area contributed by atoms with Gasteiger partial charge in [-0.1, -0.05) is 38.2 Å². The third-order valence-corrected chi connectivity index (χ3v) is 2.78. The van der Waals surface area contributed by atoms with Gasteiger partial charge in [-0.05, 0) is 30.0 Å². The van der Waals surface area contributed by atoms with Gasteiger partial charge in [0.05, 0.1) is 11.6 Å². The largest absolute Gasteiger partial charge is 0.491 e. The number of hydrogen-bond donors (Lipinski definition) is 1. The summed E-state index contributed by atoms with van der Waals surface area (Å²) in [4.78, 5) is 0.507. The fraction of sp³-hybridized carbons (Fsp3) is 0.533. The first-order valence-electron chi connectivity index (χ1n) is 6.65. The third-order valence-electron chi connectivity index (χ3n) is 2.64. The van der Waals surface area contributed by atoms with Crippen LogP contribution in [-0.2, 0) is 11.2 Å². The molecule has 19 heavy (non-hydrogen) atoms. The van der Waals surface area contributed by atoms with Crippen LogP contribution < -0.4 is 10.5 Å². The SMILES string of the molecule is CC(C)CCOCCOc1ccc(CC(N)=S)cc1. The van der Waals surface area contributed by atoms with Crippen molar-refractivity contribution in [3.05, 3.63) is 29.8 Å². The highest BCUT2D eigenvalue weighted by molar-refractivity contribution is 7.80. The minimum atomic E-state index is 0.507. The van der Waals surface area contributed by atoms with Gasteiger partial charge in [-0.25, -0.2) is 0 Å². The quantitative estimate of drug-likeness (QED) is 0.558. The topological polar surface area (TPSA) is 44.5 Å². The molecule has 0 saturated carbocycles. The Morgan fingerprint density at radius 2 is 1.84 bits per heavy atom. The van der Waals surface area contributed by atoms with Crippen molar-refractivity contribution >= 4 is 17.2 Å². The van der Waals surface area contributed by atoms with E-state index in [1.54, 1.807) is 0 Å². The summed E-state index contributed by atoms with van der Waals surface area (Å²) in [7, 11) is 0. The fourth-order valence-electron chi connectivity index (χ4n) is 1.54. The van der Waals surface area contributed by atoms with Gasteiger partial charge in [-0.2, -0.15) is 0 Å². The van der Waals surface area contributed by atoms with Crippen LogP contribution in [0.2, 0.25) is 0 Å². The van der Waals surface area contributed by atoms with E-state index in [2.05, 4.69) is 13.8 Å². The maximum atomic E-state index is 5.58. The van der Waals surface area contributed by atoms with Crippen molar-refractivity contribution in [3.8, 4) is 5.75 Å². The molecule has 106 valence electrons. The number of hydrogen-bond acceptors (Lipinski definition) is 3. The number of benzene rings is 1. The molecule has 0 fully saturated rings. The van der Waals surface area contributed by atoms with Crippen LogP contribution in [0.1, 0.15) is 25.8 Å². The van der Waals surface area contributed by atoms with Crippen molar-refractivity contribution in [2.45, 2.75) is 26.7 Å². The Balaban J connectivity index is 2.17. The van der Waals surface area contributed by atoms with Gasteiger partial charge < -0.3 is 15.2 Å². The van der Waals surface area contributed by atoms with E-state index in [1.807, 2.05) is 24.3 Å². The Bertz CT molecular complexity index is 376. The van der Waals surface area contributed by atoms with Crippen molar-refractivity contribution in [1.29, 1.82) is 0 Å². The molecule has 0 spiro atoms. The van der Waals surface area contributed by atoms with Gasteiger partial charge in [0.15, 0.2) is 0 Å². The van der Waals surface area contributed by atoms with Crippen molar-refractivity contribution in [2.75, 3.05) is 19.8 Å². The van der Waals surface area contributed by atoms with E-state index >= 15 is 0 Å². The highest BCUT2D eigenvalue weighted by Gasteiger charge is 1.98. The Morgan fingerprint density at radius 1 is 1.16 bits per heavy atom. The molecule has 1 aromatic rings. The Hall–Kier alpha value is -1.13. The highest BCUT2D eigenvalue weighted by Crippen LogP contribution is 2.12. The van der Waals surface area contributed by atoms with Crippen molar-refractivity contribution in [3.63, 3.8) is 0 Å². The summed E-state index contributed by atoms with van der Waals surface area (Å²) in [5, 5.41) is 0. The van der Waals surface area contributed by atoms with Crippen LogP contribution in [0.5, 0.6) is 5.75 Å². The monoisotopic (exact) mass is 281 g/mol. The van der Waals surface area contributed by atoms with E-state index in [1.165, 1.54) is 0 Å². The van der Waals surface area contributed by atoms with Crippen LogP contribution in [0.3, 0.4) is 0 Å². The van der Waals surface area contributed by atoms with Crippen LogP contribution >= 0.6 is 12.2 Å². The van der Waals surface area contributed by atoms with Gasteiger partial charge in [0.25, 0.3) is 0 Å². The maximum absolute atomic E-state index is 5.58. The second-order valence-electron chi connectivity index (χ2n) is 4.93. The van der Waals surface area contributed by atoms with Crippen molar-refractivity contribution in [2.24, 2.45) is 11.7 Å². The molecule has 0 saturated heterocycles. The predicted molar refractivity (Wildman–Crippen MR) is 82.7 cm³/mol. The van der Waals surface area contributed by atoms with Crippen LogP contribution in [0, 0.1) is 5.92 Å². The molecule has 0 aromatic heterocycles. The molecular weight excluding hydrogens is 258 g/mol. The van der Waals surface area contributed by atoms with E-state index in [9.17, 15) is 0 Å². The molecule has 1 aromatic carbocycles. The molecule has 3 nitrogen and oxygen atoms in total.